The quantitative estimate of drug-likeness (QED) is 0.666. The molecule has 0 aliphatic carbocycles. The number of hydroxylamine groups is 2. The van der Waals surface area contributed by atoms with E-state index in [-0.39, 0.29) is 36.4 Å². The van der Waals surface area contributed by atoms with E-state index >= 15 is 0 Å². The Morgan fingerprint density at radius 3 is 2.62 bits per heavy atom. The molecule has 0 spiro atoms. The number of carbonyl (C=O) groups excluding carboxylic acids is 3. The number of fused-ring (bicyclic) bond motifs is 1. The zero-order valence-corrected chi connectivity index (χ0v) is 19.8. The highest BCUT2D eigenvalue weighted by molar-refractivity contribution is 8.01. The van der Waals surface area contributed by atoms with Gasteiger partial charge in [0.2, 0.25) is 0 Å². The first-order chi connectivity index (χ1) is 15.1. The number of hydrogen-bond acceptors (Lipinski definition) is 8. The minimum absolute atomic E-state index is 0.0282. The molecule has 4 aliphatic rings. The van der Waals surface area contributed by atoms with Crippen LogP contribution in [-0.2, 0) is 14.4 Å². The van der Waals surface area contributed by atoms with E-state index in [9.17, 15) is 19.5 Å². The van der Waals surface area contributed by atoms with Crippen LogP contribution in [0, 0.1) is 5.92 Å². The lowest BCUT2D eigenvalue weighted by Crippen LogP contribution is -2.56. The molecule has 4 amide bonds. The van der Waals surface area contributed by atoms with E-state index in [1.54, 1.807) is 4.90 Å². The summed E-state index contributed by atoms with van der Waals surface area (Å²) in [5, 5.41) is 18.5. The first kappa shape index (κ1) is 22.9. The lowest BCUT2D eigenvalue weighted by atomic mass is 9.94. The second kappa shape index (κ2) is 8.60. The van der Waals surface area contributed by atoms with Crippen LogP contribution in [0.4, 0.5) is 4.79 Å². The van der Waals surface area contributed by atoms with Gasteiger partial charge in [0.1, 0.15) is 18.1 Å². The van der Waals surface area contributed by atoms with E-state index in [0.717, 1.165) is 21.2 Å². The number of thioether (sulfide) groups is 1. The summed E-state index contributed by atoms with van der Waals surface area (Å²) >= 11 is 1.44. The molecule has 0 aromatic carbocycles. The number of aliphatic hydroxyl groups excluding tert-OH is 1. The van der Waals surface area contributed by atoms with Crippen LogP contribution in [0.15, 0.2) is 32.6 Å². The molecule has 2 saturated heterocycles. The number of aliphatic hydroxyl groups is 1. The van der Waals surface area contributed by atoms with Crippen molar-refractivity contribution in [2.75, 3.05) is 26.7 Å². The summed E-state index contributed by atoms with van der Waals surface area (Å²) in [7, 11) is 1.45. The van der Waals surface area contributed by atoms with E-state index in [4.69, 9.17) is 4.84 Å². The molecule has 0 aromatic rings. The molecular formula is C21H29N5O5S. The molecule has 0 saturated carbocycles. The zero-order chi connectivity index (χ0) is 23.3. The number of azo groups is 1. The second-order valence-electron chi connectivity index (χ2n) is 9.02. The summed E-state index contributed by atoms with van der Waals surface area (Å²) in [6.07, 6.45) is -0.281. The monoisotopic (exact) mass is 463 g/mol. The van der Waals surface area contributed by atoms with Crippen LogP contribution in [-0.4, -0.2) is 87.3 Å². The Bertz CT molecular complexity index is 945. The molecule has 1 N–H and O–H groups in total. The molecule has 2 fully saturated rings. The number of amides is 4. The number of rotatable bonds is 5. The molecule has 0 bridgehead atoms. The van der Waals surface area contributed by atoms with Gasteiger partial charge in [0.05, 0.1) is 23.9 Å². The van der Waals surface area contributed by atoms with E-state index in [2.05, 4.69) is 10.2 Å². The molecule has 0 radical (unpaired) electrons. The van der Waals surface area contributed by atoms with Gasteiger partial charge in [-0.1, -0.05) is 13.8 Å². The summed E-state index contributed by atoms with van der Waals surface area (Å²) in [6, 6.07) is -0.462. The third-order valence-electron chi connectivity index (χ3n) is 6.08. The molecule has 32 heavy (non-hydrogen) atoms. The standard InChI is InChI=1S/C21H29N5O5S/c1-10(2)7-25-20-17(18(28)24(5)21(25)30)16(19(29)26-8-13(27)9-31-26)15(32-20)6-14-11(3)22-23-12(14)4/h10-11,13,15,20,27H,6-9H2,1-5H3/t11-,13-,15-,20+/m0/s1. The molecule has 4 aliphatic heterocycles. The summed E-state index contributed by atoms with van der Waals surface area (Å²) in [5.41, 5.74) is 2.50. The number of carbonyl (C=O) groups is 3. The molecule has 4 rings (SSSR count). The lowest BCUT2D eigenvalue weighted by Gasteiger charge is -2.39. The minimum atomic E-state index is -0.769. The van der Waals surface area contributed by atoms with Crippen LogP contribution in [0.1, 0.15) is 34.1 Å². The van der Waals surface area contributed by atoms with Crippen molar-refractivity contribution in [1.29, 1.82) is 0 Å². The minimum Gasteiger partial charge on any atom is -0.389 e. The average molecular weight is 464 g/mol. The summed E-state index contributed by atoms with van der Waals surface area (Å²) < 4.78 is 0. The highest BCUT2D eigenvalue weighted by atomic mass is 32.2. The Hall–Kier alpha value is -2.24. The zero-order valence-electron chi connectivity index (χ0n) is 18.9. The predicted molar refractivity (Wildman–Crippen MR) is 117 cm³/mol. The van der Waals surface area contributed by atoms with Crippen molar-refractivity contribution in [1.82, 2.24) is 14.9 Å². The Labute approximate surface area is 191 Å². The van der Waals surface area contributed by atoms with E-state index in [1.165, 1.54) is 18.8 Å². The van der Waals surface area contributed by atoms with E-state index in [0.29, 0.717) is 24.1 Å². The number of urea groups is 1. The number of imide groups is 1. The number of likely N-dealkylation sites (N-methyl/N-ethyl adjacent to an activating group) is 1. The number of allylic oxidation sites excluding steroid dienone is 1. The molecule has 0 aromatic heterocycles. The Balaban J connectivity index is 1.76. The highest BCUT2D eigenvalue weighted by Crippen LogP contribution is 2.48. The molecule has 4 atom stereocenters. The molecule has 174 valence electrons. The fraction of sp³-hybridized carbons (Fsp3) is 0.667. The second-order valence-corrected chi connectivity index (χ2v) is 10.3. The first-order valence-electron chi connectivity index (χ1n) is 10.8. The average Bonchev–Trinajstić information content (AvgIpc) is 3.42. The van der Waals surface area contributed by atoms with Crippen molar-refractivity contribution in [2.45, 2.75) is 56.9 Å². The number of nitrogens with zero attached hydrogens (tertiary/aromatic N) is 5. The predicted octanol–water partition coefficient (Wildman–Crippen LogP) is 1.93. The van der Waals surface area contributed by atoms with Crippen molar-refractivity contribution in [3.05, 3.63) is 22.4 Å². The maximum atomic E-state index is 13.5. The van der Waals surface area contributed by atoms with Gasteiger partial charge in [0, 0.05) is 24.4 Å². The van der Waals surface area contributed by atoms with Crippen molar-refractivity contribution in [2.24, 2.45) is 16.1 Å². The Morgan fingerprint density at radius 2 is 2.06 bits per heavy atom. The number of hydrogen-bond donors (Lipinski definition) is 1. The maximum Gasteiger partial charge on any atom is 0.327 e. The van der Waals surface area contributed by atoms with Gasteiger partial charge >= 0.3 is 6.03 Å². The van der Waals surface area contributed by atoms with Gasteiger partial charge in [0.15, 0.2) is 0 Å². The maximum absolute atomic E-state index is 13.5. The van der Waals surface area contributed by atoms with E-state index < -0.39 is 23.3 Å². The van der Waals surface area contributed by atoms with Crippen molar-refractivity contribution in [3.8, 4) is 0 Å². The molecule has 10 nitrogen and oxygen atoms in total. The van der Waals surface area contributed by atoms with Gasteiger partial charge < -0.3 is 10.0 Å². The third kappa shape index (κ3) is 3.86. The third-order valence-corrected chi connectivity index (χ3v) is 7.56. The molecular weight excluding hydrogens is 434 g/mol. The molecule has 4 heterocycles. The Morgan fingerprint density at radius 1 is 1.34 bits per heavy atom. The van der Waals surface area contributed by atoms with Crippen LogP contribution in [0.5, 0.6) is 0 Å². The van der Waals surface area contributed by atoms with Crippen molar-refractivity contribution < 1.29 is 24.3 Å². The van der Waals surface area contributed by atoms with Crippen LogP contribution in [0.3, 0.4) is 0 Å². The van der Waals surface area contributed by atoms with Gasteiger partial charge in [-0.2, -0.15) is 10.2 Å². The van der Waals surface area contributed by atoms with Gasteiger partial charge in [-0.15, -0.1) is 11.8 Å². The fourth-order valence-electron chi connectivity index (χ4n) is 4.46. The Kier molecular flexibility index (Phi) is 6.17. The van der Waals surface area contributed by atoms with Gasteiger partial charge in [0.25, 0.3) is 11.8 Å². The van der Waals surface area contributed by atoms with Crippen LogP contribution >= 0.6 is 11.8 Å². The first-order valence-corrected chi connectivity index (χ1v) is 11.8. The molecule has 0 unspecified atom stereocenters. The van der Waals surface area contributed by atoms with E-state index in [1.807, 2.05) is 27.7 Å². The summed E-state index contributed by atoms with van der Waals surface area (Å²) in [6.45, 7) is 8.38. The van der Waals surface area contributed by atoms with Gasteiger partial charge in [-0.3, -0.25) is 19.3 Å². The van der Waals surface area contributed by atoms with Crippen molar-refractivity contribution >= 4 is 29.6 Å². The fourth-order valence-corrected chi connectivity index (χ4v) is 6.09. The van der Waals surface area contributed by atoms with Gasteiger partial charge in [-0.25, -0.2) is 9.86 Å². The van der Waals surface area contributed by atoms with Crippen LogP contribution in [0.25, 0.3) is 0 Å². The summed E-state index contributed by atoms with van der Waals surface area (Å²) in [5.74, 6) is -0.706. The largest absolute Gasteiger partial charge is 0.389 e. The SMILES string of the molecule is CC1=C(C[C@@H]2S[C@@H]3C(=C2C(=O)N2C[C@H](O)CO2)C(=O)N(C)C(=O)N3CC(C)C)[C@H](C)N=N1. The smallest absolute Gasteiger partial charge is 0.327 e. The number of β-amino-alcohol motifs (C(OH)–C–C–N with tert-alkyl or cyclic N) is 1. The summed E-state index contributed by atoms with van der Waals surface area (Å²) in [4.78, 5) is 47.9. The lowest BCUT2D eigenvalue weighted by molar-refractivity contribution is -0.164. The molecule has 11 heteroatoms. The normalized spacial score (nSPS) is 30.5. The van der Waals surface area contributed by atoms with Crippen LogP contribution < -0.4 is 0 Å². The van der Waals surface area contributed by atoms with Crippen molar-refractivity contribution in [3.63, 3.8) is 0 Å². The van der Waals surface area contributed by atoms with Crippen LogP contribution in [0.2, 0.25) is 0 Å². The topological polar surface area (TPSA) is 115 Å². The van der Waals surface area contributed by atoms with Gasteiger partial charge in [-0.05, 0) is 31.8 Å². The highest BCUT2D eigenvalue weighted by Gasteiger charge is 2.52.